The Hall–Kier alpha value is -2.05. The van der Waals surface area contributed by atoms with Gasteiger partial charge in [-0.3, -0.25) is 14.3 Å². The molecule has 1 heterocycles. The van der Waals surface area contributed by atoms with Crippen molar-refractivity contribution >= 4 is 17.5 Å². The molecule has 0 fully saturated rings. The van der Waals surface area contributed by atoms with Crippen LogP contribution in [0.4, 0.5) is 5.69 Å². The minimum Gasteiger partial charge on any atom is -0.396 e. The minimum atomic E-state index is -0.139. The Balaban J connectivity index is 2.64. The van der Waals surface area contributed by atoms with E-state index in [4.69, 9.17) is 5.73 Å². The molecule has 7 nitrogen and oxygen atoms in total. The number of likely N-dealkylation sites (N-methyl/N-ethyl adjacent to an activating group) is 1. The highest BCUT2D eigenvalue weighted by Crippen LogP contribution is 2.01. The quantitative estimate of drug-likeness (QED) is 0.773. The van der Waals surface area contributed by atoms with Crippen LogP contribution >= 0.6 is 0 Å². The Labute approximate surface area is 113 Å². The topological polar surface area (TPSA) is 84.5 Å². The van der Waals surface area contributed by atoms with Crippen molar-refractivity contribution in [1.29, 1.82) is 0 Å². The van der Waals surface area contributed by atoms with Crippen molar-refractivity contribution in [3.63, 3.8) is 0 Å². The highest BCUT2D eigenvalue weighted by molar-refractivity contribution is 5.84. The predicted octanol–water partition coefficient (Wildman–Crippen LogP) is -0.208. The van der Waals surface area contributed by atoms with E-state index in [1.807, 2.05) is 6.92 Å². The van der Waals surface area contributed by atoms with Crippen LogP contribution in [0.3, 0.4) is 0 Å². The van der Waals surface area contributed by atoms with Gasteiger partial charge in [-0.1, -0.05) is 6.92 Å². The van der Waals surface area contributed by atoms with Crippen molar-refractivity contribution in [2.45, 2.75) is 19.9 Å². The molecule has 1 aromatic heterocycles. The standard InChI is InChI=1S/C12H21N5O2/c1-4-5-16(8-11(18)15(2)3)12(19)9-17-7-10(13)6-14-17/h6-7H,4-5,8-9,13H2,1-3H3. The van der Waals surface area contributed by atoms with Crippen molar-refractivity contribution in [2.24, 2.45) is 0 Å². The molecule has 2 N–H and O–H groups in total. The second-order valence-corrected chi connectivity index (χ2v) is 4.57. The highest BCUT2D eigenvalue weighted by atomic mass is 16.2. The first-order valence-corrected chi connectivity index (χ1v) is 6.20. The summed E-state index contributed by atoms with van der Waals surface area (Å²) >= 11 is 0. The summed E-state index contributed by atoms with van der Waals surface area (Å²) in [5.74, 6) is -0.234. The van der Waals surface area contributed by atoms with Gasteiger partial charge >= 0.3 is 0 Å². The molecular formula is C12H21N5O2. The van der Waals surface area contributed by atoms with Crippen molar-refractivity contribution in [1.82, 2.24) is 19.6 Å². The summed E-state index contributed by atoms with van der Waals surface area (Å²) in [5.41, 5.74) is 6.05. The van der Waals surface area contributed by atoms with Gasteiger partial charge in [-0.05, 0) is 6.42 Å². The first kappa shape index (κ1) is 15.0. The van der Waals surface area contributed by atoms with Crippen LogP contribution < -0.4 is 5.73 Å². The molecule has 1 rings (SSSR count). The third kappa shape index (κ3) is 4.61. The van der Waals surface area contributed by atoms with Crippen molar-refractivity contribution in [3.8, 4) is 0 Å². The highest BCUT2D eigenvalue weighted by Gasteiger charge is 2.18. The maximum Gasteiger partial charge on any atom is 0.244 e. The van der Waals surface area contributed by atoms with Gasteiger partial charge in [0, 0.05) is 26.8 Å². The van der Waals surface area contributed by atoms with Gasteiger partial charge < -0.3 is 15.5 Å². The van der Waals surface area contributed by atoms with E-state index < -0.39 is 0 Å². The van der Waals surface area contributed by atoms with Crippen LogP contribution in [0.1, 0.15) is 13.3 Å². The Kier molecular flexibility index (Phi) is 5.35. The van der Waals surface area contributed by atoms with Crippen LogP contribution in [-0.4, -0.2) is 58.6 Å². The molecule has 7 heteroatoms. The molecule has 0 spiro atoms. The zero-order valence-corrected chi connectivity index (χ0v) is 11.7. The van der Waals surface area contributed by atoms with E-state index in [9.17, 15) is 9.59 Å². The Morgan fingerprint density at radius 3 is 2.53 bits per heavy atom. The number of amides is 2. The number of nitrogens with two attached hydrogens (primary N) is 1. The maximum atomic E-state index is 12.1. The molecule has 0 aliphatic heterocycles. The monoisotopic (exact) mass is 267 g/mol. The van der Waals surface area contributed by atoms with Crippen LogP contribution in [0, 0.1) is 0 Å². The normalized spacial score (nSPS) is 10.3. The fourth-order valence-corrected chi connectivity index (χ4v) is 1.57. The smallest absolute Gasteiger partial charge is 0.244 e. The van der Waals surface area contributed by atoms with Crippen LogP contribution in [-0.2, 0) is 16.1 Å². The van der Waals surface area contributed by atoms with Gasteiger partial charge in [-0.25, -0.2) is 0 Å². The molecule has 19 heavy (non-hydrogen) atoms. The summed E-state index contributed by atoms with van der Waals surface area (Å²) in [7, 11) is 3.34. The first-order chi connectivity index (χ1) is 8.93. The fourth-order valence-electron chi connectivity index (χ4n) is 1.57. The summed E-state index contributed by atoms with van der Waals surface area (Å²) in [6, 6.07) is 0. The minimum absolute atomic E-state index is 0.0937. The van der Waals surface area contributed by atoms with Crippen LogP contribution in [0.25, 0.3) is 0 Å². The molecular weight excluding hydrogens is 246 g/mol. The van der Waals surface area contributed by atoms with Crippen molar-refractivity contribution in [3.05, 3.63) is 12.4 Å². The molecule has 0 saturated heterocycles. The second kappa shape index (κ2) is 6.77. The zero-order valence-electron chi connectivity index (χ0n) is 11.7. The van der Waals surface area contributed by atoms with E-state index in [-0.39, 0.29) is 24.9 Å². The molecule has 2 amide bonds. The average molecular weight is 267 g/mol. The lowest BCUT2D eigenvalue weighted by Crippen LogP contribution is -2.42. The second-order valence-electron chi connectivity index (χ2n) is 4.57. The summed E-state index contributed by atoms with van der Waals surface area (Å²) in [5, 5.41) is 3.96. The molecule has 1 aromatic rings. The number of carbonyl (C=O) groups is 2. The Morgan fingerprint density at radius 1 is 1.37 bits per heavy atom. The SMILES string of the molecule is CCCN(CC(=O)N(C)C)C(=O)Cn1cc(N)cn1. The van der Waals surface area contributed by atoms with Crippen molar-refractivity contribution < 1.29 is 9.59 Å². The van der Waals surface area contributed by atoms with Crippen LogP contribution in [0.5, 0.6) is 0 Å². The van der Waals surface area contributed by atoms with Crippen LogP contribution in [0.15, 0.2) is 12.4 Å². The Bertz CT molecular complexity index is 441. The number of aromatic nitrogens is 2. The van der Waals surface area contributed by atoms with Gasteiger partial charge in [-0.2, -0.15) is 5.10 Å². The predicted molar refractivity (Wildman–Crippen MR) is 72.2 cm³/mol. The molecule has 0 aliphatic carbocycles. The van der Waals surface area contributed by atoms with Gasteiger partial charge in [0.05, 0.1) is 18.4 Å². The molecule has 0 atom stereocenters. The van der Waals surface area contributed by atoms with E-state index >= 15 is 0 Å². The summed E-state index contributed by atoms with van der Waals surface area (Å²) < 4.78 is 1.47. The molecule has 0 unspecified atom stereocenters. The van der Waals surface area contributed by atoms with Gasteiger partial charge in [0.1, 0.15) is 6.54 Å². The van der Waals surface area contributed by atoms with Crippen LogP contribution in [0.2, 0.25) is 0 Å². The number of nitrogens with zero attached hydrogens (tertiary/aromatic N) is 4. The lowest BCUT2D eigenvalue weighted by atomic mass is 10.3. The lowest BCUT2D eigenvalue weighted by molar-refractivity contribution is -0.139. The molecule has 0 radical (unpaired) electrons. The molecule has 0 aliphatic rings. The van der Waals surface area contributed by atoms with E-state index in [1.54, 1.807) is 25.2 Å². The number of hydrogen-bond acceptors (Lipinski definition) is 4. The lowest BCUT2D eigenvalue weighted by Gasteiger charge is -2.23. The first-order valence-electron chi connectivity index (χ1n) is 6.20. The van der Waals surface area contributed by atoms with E-state index in [0.29, 0.717) is 12.2 Å². The van der Waals surface area contributed by atoms with Gasteiger partial charge in [-0.15, -0.1) is 0 Å². The van der Waals surface area contributed by atoms with E-state index in [1.165, 1.54) is 15.8 Å². The van der Waals surface area contributed by atoms with Gasteiger partial charge in [0.25, 0.3) is 0 Å². The number of hydrogen-bond donors (Lipinski definition) is 1. The van der Waals surface area contributed by atoms with E-state index in [2.05, 4.69) is 5.10 Å². The molecule has 0 saturated carbocycles. The fraction of sp³-hybridized carbons (Fsp3) is 0.583. The molecule has 0 aromatic carbocycles. The van der Waals surface area contributed by atoms with Gasteiger partial charge in [0.2, 0.25) is 11.8 Å². The molecule has 106 valence electrons. The largest absolute Gasteiger partial charge is 0.396 e. The number of anilines is 1. The zero-order chi connectivity index (χ0) is 14.4. The van der Waals surface area contributed by atoms with Crippen molar-refractivity contribution in [2.75, 3.05) is 32.9 Å². The molecule has 0 bridgehead atoms. The summed E-state index contributed by atoms with van der Waals surface area (Å²) in [4.78, 5) is 26.8. The average Bonchev–Trinajstić information content (AvgIpc) is 2.73. The number of nitrogen functional groups attached to an aromatic ring is 1. The Morgan fingerprint density at radius 2 is 2.05 bits per heavy atom. The van der Waals surface area contributed by atoms with E-state index in [0.717, 1.165) is 6.42 Å². The number of rotatable bonds is 6. The summed E-state index contributed by atoms with van der Waals surface area (Å²) in [6.07, 6.45) is 3.88. The summed E-state index contributed by atoms with van der Waals surface area (Å²) in [6.45, 7) is 2.70. The third-order valence-corrected chi connectivity index (χ3v) is 2.62. The third-order valence-electron chi connectivity index (χ3n) is 2.62. The number of carbonyl (C=O) groups excluding carboxylic acids is 2. The van der Waals surface area contributed by atoms with Gasteiger partial charge in [0.15, 0.2) is 0 Å². The maximum absolute atomic E-state index is 12.1.